The van der Waals surface area contributed by atoms with Crippen molar-refractivity contribution in [2.45, 2.75) is 26.4 Å². The van der Waals surface area contributed by atoms with Gasteiger partial charge in [0.05, 0.1) is 5.92 Å². The number of amides is 2. The molecule has 5 nitrogen and oxygen atoms in total. The van der Waals surface area contributed by atoms with Crippen LogP contribution >= 0.6 is 15.9 Å². The number of hydrogen-bond donors (Lipinski definition) is 0. The van der Waals surface area contributed by atoms with Gasteiger partial charge in [0.15, 0.2) is 0 Å². The minimum Gasteiger partial charge on any atom is -0.340 e. The Hall–Kier alpha value is -2.18. The lowest BCUT2D eigenvalue weighted by Gasteiger charge is -2.36. The fraction of sp³-hybridized carbons (Fsp3) is 0.417. The molecule has 0 aromatic heterocycles. The second-order valence-corrected chi connectivity index (χ2v) is 9.31. The molecule has 0 radical (unpaired) electrons. The van der Waals surface area contributed by atoms with Crippen molar-refractivity contribution in [3.63, 3.8) is 0 Å². The summed E-state index contributed by atoms with van der Waals surface area (Å²) in [7, 11) is 0. The molecule has 2 aromatic carbocycles. The second-order valence-electron chi connectivity index (χ2n) is 8.39. The van der Waals surface area contributed by atoms with Crippen molar-refractivity contribution in [3.05, 3.63) is 69.7 Å². The molecule has 0 N–H and O–H groups in total. The predicted molar refractivity (Wildman–Crippen MR) is 121 cm³/mol. The summed E-state index contributed by atoms with van der Waals surface area (Å²) < 4.78 is 1.00. The van der Waals surface area contributed by atoms with Crippen LogP contribution in [0.5, 0.6) is 0 Å². The Balaban J connectivity index is 1.28. The number of aryl methyl sites for hydroxylation is 1. The minimum atomic E-state index is -0.215. The number of benzene rings is 2. The lowest BCUT2D eigenvalue weighted by molar-refractivity contribution is -0.137. The van der Waals surface area contributed by atoms with Gasteiger partial charge in [0.2, 0.25) is 11.8 Å². The summed E-state index contributed by atoms with van der Waals surface area (Å²) >= 11 is 3.47. The summed E-state index contributed by atoms with van der Waals surface area (Å²) in [6.07, 6.45) is 0.330. The zero-order chi connectivity index (χ0) is 21.1. The van der Waals surface area contributed by atoms with Crippen LogP contribution in [-0.2, 0) is 22.7 Å². The highest BCUT2D eigenvalue weighted by molar-refractivity contribution is 9.10. The molecule has 2 amide bonds. The van der Waals surface area contributed by atoms with Gasteiger partial charge in [-0.2, -0.15) is 0 Å². The van der Waals surface area contributed by atoms with Gasteiger partial charge >= 0.3 is 0 Å². The molecule has 2 aliphatic rings. The summed E-state index contributed by atoms with van der Waals surface area (Å²) in [5.41, 5.74) is 3.66. The van der Waals surface area contributed by atoms with Gasteiger partial charge < -0.3 is 9.80 Å². The van der Waals surface area contributed by atoms with Crippen LogP contribution in [0.25, 0.3) is 0 Å². The molecule has 0 spiro atoms. The second kappa shape index (κ2) is 9.31. The molecule has 2 aromatic rings. The standard InChI is InChI=1S/C24H28BrN3O2/c1-18-5-7-19(8-6-18)15-26-9-11-27(12-10-26)24(30)21-14-23(29)28(17-21)16-20-3-2-4-22(25)13-20/h2-8,13,21H,9-12,14-17H2,1H3. The molecule has 4 rings (SSSR count). The van der Waals surface area contributed by atoms with Crippen LogP contribution < -0.4 is 0 Å². The van der Waals surface area contributed by atoms with Crippen molar-refractivity contribution in [1.29, 1.82) is 0 Å². The Morgan fingerprint density at radius 2 is 1.73 bits per heavy atom. The van der Waals surface area contributed by atoms with Crippen LogP contribution in [0.1, 0.15) is 23.1 Å². The highest BCUT2D eigenvalue weighted by Gasteiger charge is 2.37. The van der Waals surface area contributed by atoms with Crippen LogP contribution in [0.2, 0.25) is 0 Å². The Bertz CT molecular complexity index is 907. The average molecular weight is 470 g/mol. The van der Waals surface area contributed by atoms with E-state index in [-0.39, 0.29) is 17.7 Å². The molecule has 30 heavy (non-hydrogen) atoms. The number of hydrogen-bond acceptors (Lipinski definition) is 3. The van der Waals surface area contributed by atoms with E-state index in [0.717, 1.165) is 42.8 Å². The van der Waals surface area contributed by atoms with Crippen LogP contribution in [0.15, 0.2) is 53.0 Å². The Kier molecular flexibility index (Phi) is 6.54. The molecule has 2 aliphatic heterocycles. The molecule has 2 fully saturated rings. The summed E-state index contributed by atoms with van der Waals surface area (Å²) in [4.78, 5) is 31.7. The highest BCUT2D eigenvalue weighted by atomic mass is 79.9. The van der Waals surface area contributed by atoms with E-state index in [1.807, 2.05) is 34.1 Å². The molecular formula is C24H28BrN3O2. The Morgan fingerprint density at radius 1 is 1.00 bits per heavy atom. The topological polar surface area (TPSA) is 43.9 Å². The van der Waals surface area contributed by atoms with Crippen LogP contribution in [0.4, 0.5) is 0 Å². The smallest absolute Gasteiger partial charge is 0.228 e. The summed E-state index contributed by atoms with van der Waals surface area (Å²) in [6.45, 7) is 7.33. The summed E-state index contributed by atoms with van der Waals surface area (Å²) in [5, 5.41) is 0. The van der Waals surface area contributed by atoms with Gasteiger partial charge in [0.1, 0.15) is 0 Å². The average Bonchev–Trinajstić information content (AvgIpc) is 3.10. The van der Waals surface area contributed by atoms with Crippen LogP contribution in [-0.4, -0.2) is 59.2 Å². The number of piperazine rings is 1. The van der Waals surface area contributed by atoms with Gasteiger partial charge in [-0.3, -0.25) is 14.5 Å². The van der Waals surface area contributed by atoms with E-state index in [9.17, 15) is 9.59 Å². The Labute approximate surface area is 186 Å². The van der Waals surface area contributed by atoms with Crippen LogP contribution in [0, 0.1) is 12.8 Å². The van der Waals surface area contributed by atoms with Gasteiger partial charge in [-0.05, 0) is 30.2 Å². The predicted octanol–water partition coefficient (Wildman–Crippen LogP) is 3.45. The first kappa shape index (κ1) is 21.1. The van der Waals surface area contributed by atoms with Crippen molar-refractivity contribution in [2.24, 2.45) is 5.92 Å². The minimum absolute atomic E-state index is 0.0753. The van der Waals surface area contributed by atoms with Gasteiger partial charge in [-0.25, -0.2) is 0 Å². The number of carbonyl (C=O) groups excluding carboxylic acids is 2. The number of rotatable bonds is 5. The molecule has 0 bridgehead atoms. The van der Waals surface area contributed by atoms with E-state index >= 15 is 0 Å². The fourth-order valence-corrected chi connectivity index (χ4v) is 4.73. The van der Waals surface area contributed by atoms with Crippen LogP contribution in [0.3, 0.4) is 0 Å². The van der Waals surface area contributed by atoms with E-state index < -0.39 is 0 Å². The van der Waals surface area contributed by atoms with E-state index in [1.165, 1.54) is 11.1 Å². The van der Waals surface area contributed by atoms with Gasteiger partial charge in [-0.15, -0.1) is 0 Å². The van der Waals surface area contributed by atoms with Crippen molar-refractivity contribution in [2.75, 3.05) is 32.7 Å². The quantitative estimate of drug-likeness (QED) is 0.673. The maximum atomic E-state index is 13.0. The lowest BCUT2D eigenvalue weighted by atomic mass is 10.1. The lowest BCUT2D eigenvalue weighted by Crippen LogP contribution is -2.50. The molecule has 158 valence electrons. The monoisotopic (exact) mass is 469 g/mol. The number of halogens is 1. The van der Waals surface area contributed by atoms with Gasteiger partial charge in [-0.1, -0.05) is 57.9 Å². The van der Waals surface area contributed by atoms with Crippen molar-refractivity contribution in [1.82, 2.24) is 14.7 Å². The maximum absolute atomic E-state index is 13.0. The molecule has 2 saturated heterocycles. The summed E-state index contributed by atoms with van der Waals surface area (Å²) in [5.74, 6) is -0.00490. The maximum Gasteiger partial charge on any atom is 0.228 e. The first-order chi connectivity index (χ1) is 14.5. The van der Waals surface area contributed by atoms with E-state index in [4.69, 9.17) is 0 Å². The first-order valence-electron chi connectivity index (χ1n) is 10.6. The summed E-state index contributed by atoms with van der Waals surface area (Å²) in [6, 6.07) is 16.6. The molecular weight excluding hydrogens is 442 g/mol. The number of nitrogens with zero attached hydrogens (tertiary/aromatic N) is 3. The molecule has 0 aliphatic carbocycles. The third-order valence-electron chi connectivity index (χ3n) is 6.04. The molecule has 0 saturated carbocycles. The molecule has 1 atom stereocenters. The largest absolute Gasteiger partial charge is 0.340 e. The molecule has 1 unspecified atom stereocenters. The zero-order valence-electron chi connectivity index (χ0n) is 17.4. The normalized spacial score (nSPS) is 20.1. The zero-order valence-corrected chi connectivity index (χ0v) is 19.0. The van der Waals surface area contributed by atoms with E-state index in [1.54, 1.807) is 0 Å². The van der Waals surface area contributed by atoms with Crippen molar-refractivity contribution in [3.8, 4) is 0 Å². The van der Waals surface area contributed by atoms with Crippen molar-refractivity contribution < 1.29 is 9.59 Å². The molecule has 2 heterocycles. The highest BCUT2D eigenvalue weighted by Crippen LogP contribution is 2.24. The Morgan fingerprint density at radius 3 is 2.43 bits per heavy atom. The number of carbonyl (C=O) groups is 2. The third-order valence-corrected chi connectivity index (χ3v) is 6.53. The number of likely N-dealkylation sites (tertiary alicyclic amines) is 1. The fourth-order valence-electron chi connectivity index (χ4n) is 4.28. The van der Waals surface area contributed by atoms with Crippen molar-refractivity contribution >= 4 is 27.7 Å². The first-order valence-corrected chi connectivity index (χ1v) is 11.4. The van der Waals surface area contributed by atoms with Gasteiger partial charge in [0, 0.05) is 56.7 Å². The van der Waals surface area contributed by atoms with E-state index in [2.05, 4.69) is 52.0 Å². The van der Waals surface area contributed by atoms with E-state index in [0.29, 0.717) is 19.5 Å². The third kappa shape index (κ3) is 5.10. The molecule has 6 heteroatoms. The SMILES string of the molecule is Cc1ccc(CN2CCN(C(=O)C3CC(=O)N(Cc4cccc(Br)c4)C3)CC2)cc1. The van der Waals surface area contributed by atoms with Gasteiger partial charge in [0.25, 0.3) is 0 Å².